The van der Waals surface area contributed by atoms with E-state index in [1.165, 1.54) is 37.0 Å². The molecule has 4 heteroatoms. The van der Waals surface area contributed by atoms with Gasteiger partial charge in [-0.25, -0.2) is 0 Å². The molecule has 0 amide bonds. The number of allylic oxidation sites excluding steroid dienone is 6. The van der Waals surface area contributed by atoms with Crippen molar-refractivity contribution in [1.29, 1.82) is 0 Å². The van der Waals surface area contributed by atoms with Crippen LogP contribution in [0.15, 0.2) is 54.6 Å². The first-order valence-corrected chi connectivity index (χ1v) is 13.6. The second kappa shape index (κ2) is 12.0. The highest BCUT2D eigenvalue weighted by molar-refractivity contribution is 5.60. The minimum atomic E-state index is 0.199. The summed E-state index contributed by atoms with van der Waals surface area (Å²) in [5.74, 6) is 3.35. The average Bonchev–Trinajstić information content (AvgIpc) is 3.51. The van der Waals surface area contributed by atoms with E-state index >= 15 is 0 Å². The van der Waals surface area contributed by atoms with E-state index in [1.54, 1.807) is 18.0 Å². The van der Waals surface area contributed by atoms with Crippen molar-refractivity contribution in [3.05, 3.63) is 54.6 Å². The number of rotatable bonds is 3. The van der Waals surface area contributed by atoms with Crippen LogP contribution in [0.1, 0.15) is 93.9 Å². The Balaban J connectivity index is 0.000000633. The number of hydrogen-bond donors (Lipinski definition) is 0. The van der Waals surface area contributed by atoms with Gasteiger partial charge in [-0.1, -0.05) is 53.2 Å². The van der Waals surface area contributed by atoms with Gasteiger partial charge in [-0.15, -0.1) is 13.2 Å². The lowest BCUT2D eigenvalue weighted by atomic mass is 9.47. The van der Waals surface area contributed by atoms with E-state index in [9.17, 15) is 0 Å². The first-order chi connectivity index (χ1) is 16.5. The quantitative estimate of drug-likeness (QED) is 0.418. The van der Waals surface area contributed by atoms with E-state index in [0.717, 1.165) is 37.0 Å². The van der Waals surface area contributed by atoms with Crippen LogP contribution in [0.25, 0.3) is 5.70 Å². The molecule has 1 aromatic heterocycles. The van der Waals surface area contributed by atoms with Gasteiger partial charge in [0.15, 0.2) is 0 Å². The summed E-state index contributed by atoms with van der Waals surface area (Å²) in [7, 11) is 0. The zero-order valence-corrected chi connectivity index (χ0v) is 23.2. The normalized spacial score (nSPS) is 33.1. The first-order valence-electron chi connectivity index (χ1n) is 13.6. The fourth-order valence-corrected chi connectivity index (χ4v) is 7.04. The lowest BCUT2D eigenvalue weighted by Crippen LogP contribution is -2.49. The molecule has 4 aliphatic rings. The topological polar surface area (TPSA) is 39.9 Å². The maximum atomic E-state index is 5.95. The summed E-state index contributed by atoms with van der Waals surface area (Å²) in [4.78, 5) is 1.90. The van der Waals surface area contributed by atoms with E-state index in [0.29, 0.717) is 11.3 Å². The van der Waals surface area contributed by atoms with Gasteiger partial charge in [0, 0.05) is 6.42 Å². The second-order valence-electron chi connectivity index (χ2n) is 9.80. The summed E-state index contributed by atoms with van der Waals surface area (Å²) in [5, 5.41) is 9.11. The summed E-state index contributed by atoms with van der Waals surface area (Å²) in [6.45, 7) is 24.2. The van der Waals surface area contributed by atoms with Gasteiger partial charge in [0.05, 0.1) is 30.5 Å². The summed E-state index contributed by atoms with van der Waals surface area (Å²) < 4.78 is 5.95. The van der Waals surface area contributed by atoms with Gasteiger partial charge in [0.1, 0.15) is 0 Å². The molecular formula is C30H49N3O. The third-order valence-corrected chi connectivity index (χ3v) is 8.77. The van der Waals surface area contributed by atoms with Crippen molar-refractivity contribution in [1.82, 2.24) is 15.0 Å². The van der Waals surface area contributed by atoms with Gasteiger partial charge in [0.25, 0.3) is 0 Å². The van der Waals surface area contributed by atoms with Gasteiger partial charge < -0.3 is 4.74 Å². The number of hydrogen-bond acceptors (Lipinski definition) is 3. The van der Waals surface area contributed by atoms with E-state index in [2.05, 4.69) is 63.2 Å². The van der Waals surface area contributed by atoms with Crippen LogP contribution in [0.3, 0.4) is 0 Å². The maximum absolute atomic E-state index is 5.95. The Morgan fingerprint density at radius 2 is 1.68 bits per heavy atom. The summed E-state index contributed by atoms with van der Waals surface area (Å²) in [5.41, 5.74) is 4.95. The summed E-state index contributed by atoms with van der Waals surface area (Å²) in [6, 6.07) is 0. The number of aromatic nitrogens is 3. The molecule has 0 aromatic carbocycles. The standard InChI is InChI=1S/C24H33N3O.2C2H6.C2H4/c1-5-28-17-8-10-24(4)20-9-11-23(3)16(2)6-7-19(23)18(20)15-22(21(24)14-17)27-25-12-13-26-27;3*1-2/h6,12-14,18-20H,5,7-11,15H2,1-4H3;2*1-2H3;1-2H2/t18-,19-,20-,23+,24?;;;/m0.../s1. The predicted molar refractivity (Wildman–Crippen MR) is 145 cm³/mol. The predicted octanol–water partition coefficient (Wildman–Crippen LogP) is 8.47. The molecule has 0 N–H and O–H groups in total. The van der Waals surface area contributed by atoms with Gasteiger partial charge >= 0.3 is 0 Å². The van der Waals surface area contributed by atoms with Crippen LogP contribution in [0, 0.1) is 28.6 Å². The third kappa shape index (κ3) is 4.70. The van der Waals surface area contributed by atoms with Gasteiger partial charge in [-0.3, -0.25) is 0 Å². The second-order valence-corrected chi connectivity index (χ2v) is 9.80. The third-order valence-electron chi connectivity index (χ3n) is 8.77. The molecule has 34 heavy (non-hydrogen) atoms. The lowest BCUT2D eigenvalue weighted by molar-refractivity contribution is -0.0111. The van der Waals surface area contributed by atoms with Crippen molar-refractivity contribution < 1.29 is 4.74 Å². The smallest absolute Gasteiger partial charge is 0.0963 e. The zero-order valence-electron chi connectivity index (χ0n) is 23.2. The molecule has 0 spiro atoms. The Morgan fingerprint density at radius 1 is 1.03 bits per heavy atom. The molecule has 5 atom stereocenters. The molecule has 1 heterocycles. The molecule has 5 rings (SSSR count). The molecule has 190 valence electrons. The van der Waals surface area contributed by atoms with Crippen molar-refractivity contribution in [2.75, 3.05) is 6.61 Å². The highest BCUT2D eigenvalue weighted by atomic mass is 16.5. The highest BCUT2D eigenvalue weighted by Crippen LogP contribution is 2.66. The van der Waals surface area contributed by atoms with Crippen molar-refractivity contribution in [2.45, 2.75) is 93.9 Å². The Hall–Kier alpha value is -2.10. The van der Waals surface area contributed by atoms with Crippen LogP contribution in [0.5, 0.6) is 0 Å². The first kappa shape index (κ1) is 28.1. The average molecular weight is 468 g/mol. The monoisotopic (exact) mass is 467 g/mol. The Labute approximate surface area is 209 Å². The molecule has 1 aromatic rings. The number of fused-ring (bicyclic) bond motifs is 5. The van der Waals surface area contributed by atoms with Crippen molar-refractivity contribution in [2.24, 2.45) is 28.6 Å². The molecular weight excluding hydrogens is 418 g/mol. The number of ether oxygens (including phenoxy) is 1. The lowest BCUT2D eigenvalue weighted by Gasteiger charge is -2.57. The number of nitrogens with zero attached hydrogens (tertiary/aromatic N) is 3. The fraction of sp³-hybridized carbons (Fsp3) is 0.667. The highest BCUT2D eigenvalue weighted by Gasteiger charge is 2.57. The molecule has 0 aliphatic heterocycles. The zero-order chi connectivity index (χ0) is 25.5. The minimum Gasteiger partial charge on any atom is -0.498 e. The van der Waals surface area contributed by atoms with E-state index < -0.39 is 0 Å². The van der Waals surface area contributed by atoms with Gasteiger partial charge in [0.2, 0.25) is 0 Å². The molecule has 0 radical (unpaired) electrons. The van der Waals surface area contributed by atoms with Crippen molar-refractivity contribution >= 4 is 5.70 Å². The SMILES string of the molecule is C=C.CC.CC.CCOC1=CC2=C(n3nccn3)C[C@@H]3[C@H](CC[C@]4(C)C(C)=CC[C@@H]34)C2(C)CC1. The van der Waals surface area contributed by atoms with Gasteiger partial charge in [-0.2, -0.15) is 15.0 Å². The van der Waals surface area contributed by atoms with Crippen LogP contribution in [0.4, 0.5) is 0 Å². The van der Waals surface area contributed by atoms with Crippen molar-refractivity contribution in [3.63, 3.8) is 0 Å². The Morgan fingerprint density at radius 3 is 2.29 bits per heavy atom. The molecule has 1 fully saturated rings. The van der Waals surface area contributed by atoms with Crippen LogP contribution in [-0.4, -0.2) is 21.6 Å². The molecule has 0 saturated heterocycles. The molecule has 0 bridgehead atoms. The minimum absolute atomic E-state index is 0.199. The van der Waals surface area contributed by atoms with E-state index in [-0.39, 0.29) is 5.41 Å². The molecule has 4 aliphatic carbocycles. The van der Waals surface area contributed by atoms with Crippen LogP contribution < -0.4 is 0 Å². The maximum Gasteiger partial charge on any atom is 0.0963 e. The summed E-state index contributed by atoms with van der Waals surface area (Å²) >= 11 is 0. The Kier molecular flexibility index (Phi) is 9.96. The van der Waals surface area contributed by atoms with E-state index in [4.69, 9.17) is 4.74 Å². The van der Waals surface area contributed by atoms with Crippen LogP contribution in [-0.2, 0) is 4.74 Å². The van der Waals surface area contributed by atoms with Crippen LogP contribution >= 0.6 is 0 Å². The molecule has 1 unspecified atom stereocenters. The van der Waals surface area contributed by atoms with E-state index in [1.807, 2.05) is 32.5 Å². The molecule has 1 saturated carbocycles. The van der Waals surface area contributed by atoms with Crippen LogP contribution in [0.2, 0.25) is 0 Å². The Bertz CT molecular complexity index is 881. The molecule has 4 nitrogen and oxygen atoms in total. The van der Waals surface area contributed by atoms with Crippen molar-refractivity contribution in [3.8, 4) is 0 Å². The fourth-order valence-electron chi connectivity index (χ4n) is 7.04. The van der Waals surface area contributed by atoms with Gasteiger partial charge in [-0.05, 0) is 86.2 Å². The summed E-state index contributed by atoms with van der Waals surface area (Å²) in [6.07, 6.45) is 15.7. The largest absolute Gasteiger partial charge is 0.498 e.